The van der Waals surface area contributed by atoms with Crippen LogP contribution in [-0.4, -0.2) is 22.1 Å². The van der Waals surface area contributed by atoms with Crippen molar-refractivity contribution in [3.05, 3.63) is 37.8 Å². The Balaban J connectivity index is 2.54. The lowest BCUT2D eigenvalue weighted by Gasteiger charge is -2.02. The molecule has 0 saturated carbocycles. The molecule has 0 atom stereocenters. The fourth-order valence-electron chi connectivity index (χ4n) is 1.70. The zero-order chi connectivity index (χ0) is 14.9. The number of carbonyl (C=O) groups excluding carboxylic acids is 1. The van der Waals surface area contributed by atoms with Gasteiger partial charge in [-0.3, -0.25) is 19.5 Å². The van der Waals surface area contributed by atoms with E-state index in [1.807, 2.05) is 0 Å². The number of rotatable bonds is 4. The molecule has 2 aromatic rings. The number of oxazole rings is 1. The molecular formula is C11H9ClN2O6. The van der Waals surface area contributed by atoms with Gasteiger partial charge in [0, 0.05) is 0 Å². The average Bonchev–Trinajstić information content (AvgIpc) is 2.65. The fraction of sp³-hybridized carbons (Fsp3) is 0.273. The first kappa shape index (κ1) is 14.1. The van der Waals surface area contributed by atoms with E-state index < -0.39 is 16.6 Å². The lowest BCUT2D eigenvalue weighted by molar-refractivity contribution is -0.384. The van der Waals surface area contributed by atoms with Crippen LogP contribution in [0, 0.1) is 10.1 Å². The van der Waals surface area contributed by atoms with Crippen LogP contribution in [0.1, 0.15) is 6.92 Å². The fourth-order valence-corrected chi connectivity index (χ4v) is 1.92. The summed E-state index contributed by atoms with van der Waals surface area (Å²) in [4.78, 5) is 33.1. The molecule has 0 saturated heterocycles. The highest BCUT2D eigenvalue weighted by Crippen LogP contribution is 2.29. The van der Waals surface area contributed by atoms with Gasteiger partial charge < -0.3 is 9.15 Å². The van der Waals surface area contributed by atoms with Gasteiger partial charge in [0.2, 0.25) is 0 Å². The molecule has 1 aromatic heterocycles. The van der Waals surface area contributed by atoms with Crippen molar-refractivity contribution in [3.63, 3.8) is 0 Å². The summed E-state index contributed by atoms with van der Waals surface area (Å²) in [5.41, 5.74) is -0.203. The summed E-state index contributed by atoms with van der Waals surface area (Å²) in [6.45, 7) is 1.46. The summed E-state index contributed by atoms with van der Waals surface area (Å²) in [5, 5.41) is 10.6. The van der Waals surface area contributed by atoms with E-state index in [2.05, 4.69) is 0 Å². The molecule has 0 unspecified atom stereocenters. The van der Waals surface area contributed by atoms with Gasteiger partial charge in [-0.1, -0.05) is 11.6 Å². The monoisotopic (exact) mass is 300 g/mol. The van der Waals surface area contributed by atoms with Crippen LogP contribution in [0.15, 0.2) is 21.3 Å². The van der Waals surface area contributed by atoms with Crippen molar-refractivity contribution >= 4 is 34.4 Å². The molecule has 0 aliphatic rings. The molecule has 0 bridgehead atoms. The van der Waals surface area contributed by atoms with Gasteiger partial charge in [-0.05, 0) is 13.0 Å². The van der Waals surface area contributed by atoms with Crippen LogP contribution in [0.25, 0.3) is 11.1 Å². The second-order valence-electron chi connectivity index (χ2n) is 3.79. The number of carbonyl (C=O) groups is 1. The third kappa shape index (κ3) is 2.50. The van der Waals surface area contributed by atoms with Crippen LogP contribution < -0.4 is 5.76 Å². The Hall–Kier alpha value is -2.35. The Morgan fingerprint density at radius 3 is 2.85 bits per heavy atom. The van der Waals surface area contributed by atoms with Crippen molar-refractivity contribution in [2.75, 3.05) is 6.61 Å². The Bertz CT molecular complexity index is 747. The molecule has 1 heterocycles. The van der Waals surface area contributed by atoms with Crippen LogP contribution in [0.4, 0.5) is 5.69 Å². The highest BCUT2D eigenvalue weighted by Gasteiger charge is 2.20. The minimum absolute atomic E-state index is 0.0181. The van der Waals surface area contributed by atoms with Gasteiger partial charge in [0.25, 0.3) is 5.69 Å². The number of benzene rings is 1. The topological polar surface area (TPSA) is 105 Å². The molecule has 0 amide bonds. The first-order valence-electron chi connectivity index (χ1n) is 5.57. The van der Waals surface area contributed by atoms with Gasteiger partial charge >= 0.3 is 11.7 Å². The number of nitro groups is 1. The Labute approximate surface area is 116 Å². The first-order chi connectivity index (χ1) is 9.43. The third-order valence-corrected chi connectivity index (χ3v) is 2.83. The van der Waals surface area contributed by atoms with Gasteiger partial charge in [-0.25, -0.2) is 4.79 Å². The predicted molar refractivity (Wildman–Crippen MR) is 68.8 cm³/mol. The van der Waals surface area contributed by atoms with E-state index >= 15 is 0 Å². The van der Waals surface area contributed by atoms with Gasteiger partial charge in [0.05, 0.1) is 23.1 Å². The highest BCUT2D eigenvalue weighted by atomic mass is 35.5. The van der Waals surface area contributed by atoms with Crippen LogP contribution in [-0.2, 0) is 16.1 Å². The van der Waals surface area contributed by atoms with E-state index in [0.717, 1.165) is 10.6 Å². The van der Waals surface area contributed by atoms with Crippen LogP contribution >= 0.6 is 11.6 Å². The van der Waals surface area contributed by atoms with Crippen molar-refractivity contribution in [1.29, 1.82) is 0 Å². The number of fused-ring (bicyclic) bond motifs is 1. The van der Waals surface area contributed by atoms with E-state index in [0.29, 0.717) is 0 Å². The molecule has 9 heteroatoms. The summed E-state index contributed by atoms with van der Waals surface area (Å²) in [7, 11) is 0. The minimum atomic E-state index is -0.815. The normalized spacial score (nSPS) is 10.7. The van der Waals surface area contributed by atoms with E-state index in [4.69, 9.17) is 20.8 Å². The lowest BCUT2D eigenvalue weighted by Crippen LogP contribution is -2.21. The number of halogens is 1. The van der Waals surface area contributed by atoms with E-state index in [-0.39, 0.29) is 35.0 Å². The van der Waals surface area contributed by atoms with Crippen molar-refractivity contribution in [3.8, 4) is 0 Å². The van der Waals surface area contributed by atoms with Gasteiger partial charge in [-0.2, -0.15) is 0 Å². The summed E-state index contributed by atoms with van der Waals surface area (Å²) in [5.74, 6) is -1.43. The second kappa shape index (κ2) is 5.33. The van der Waals surface area contributed by atoms with Gasteiger partial charge in [0.15, 0.2) is 5.58 Å². The maximum atomic E-state index is 11.6. The zero-order valence-corrected chi connectivity index (χ0v) is 11.0. The number of nitro benzene ring substituents is 1. The third-order valence-electron chi connectivity index (χ3n) is 2.53. The largest absolute Gasteiger partial charge is 0.465 e. The number of esters is 1. The lowest BCUT2D eigenvalue weighted by atomic mass is 10.3. The standard InChI is InChI=1S/C11H9ClN2O6/c1-2-19-10(15)5-13-8-3-6(12)7(14(17)18)4-9(8)20-11(13)16/h3-4H,2,5H2,1H3. The van der Waals surface area contributed by atoms with Crippen LogP contribution in [0.5, 0.6) is 0 Å². The van der Waals surface area contributed by atoms with Crippen molar-refractivity contribution in [2.24, 2.45) is 0 Å². The molecule has 0 aliphatic heterocycles. The summed E-state index contributed by atoms with van der Waals surface area (Å²) >= 11 is 5.76. The van der Waals surface area contributed by atoms with Crippen molar-refractivity contribution in [2.45, 2.75) is 13.5 Å². The number of nitrogens with zero attached hydrogens (tertiary/aromatic N) is 2. The first-order valence-corrected chi connectivity index (χ1v) is 5.94. The maximum Gasteiger partial charge on any atom is 0.420 e. The van der Waals surface area contributed by atoms with E-state index in [1.54, 1.807) is 6.92 Å². The quantitative estimate of drug-likeness (QED) is 0.483. The van der Waals surface area contributed by atoms with E-state index in [9.17, 15) is 19.7 Å². The molecule has 0 spiro atoms. The SMILES string of the molecule is CCOC(=O)Cn1c(=O)oc2cc([N+](=O)[O-])c(Cl)cc21. The second-order valence-corrected chi connectivity index (χ2v) is 4.19. The van der Waals surface area contributed by atoms with Crippen molar-refractivity contribution < 1.29 is 18.9 Å². The average molecular weight is 301 g/mol. The molecule has 20 heavy (non-hydrogen) atoms. The summed E-state index contributed by atoms with van der Waals surface area (Å²) < 4.78 is 10.6. The highest BCUT2D eigenvalue weighted by molar-refractivity contribution is 6.33. The van der Waals surface area contributed by atoms with Gasteiger partial charge in [-0.15, -0.1) is 0 Å². The number of hydrogen-bond donors (Lipinski definition) is 0. The van der Waals surface area contributed by atoms with Gasteiger partial charge in [0.1, 0.15) is 11.6 Å². The molecule has 0 radical (unpaired) electrons. The van der Waals surface area contributed by atoms with Crippen molar-refractivity contribution in [1.82, 2.24) is 4.57 Å². The minimum Gasteiger partial charge on any atom is -0.465 e. The zero-order valence-electron chi connectivity index (χ0n) is 10.3. The van der Waals surface area contributed by atoms with E-state index in [1.165, 1.54) is 6.07 Å². The Morgan fingerprint density at radius 1 is 1.55 bits per heavy atom. The number of aromatic nitrogens is 1. The Morgan fingerprint density at radius 2 is 2.25 bits per heavy atom. The van der Waals surface area contributed by atoms with Crippen LogP contribution in [0.2, 0.25) is 5.02 Å². The molecular weight excluding hydrogens is 292 g/mol. The Kier molecular flexibility index (Phi) is 3.75. The number of hydrogen-bond acceptors (Lipinski definition) is 6. The maximum absolute atomic E-state index is 11.6. The molecule has 2 rings (SSSR count). The predicted octanol–water partition coefficient (Wildman–Crippen LogP) is 1.72. The molecule has 106 valence electrons. The molecule has 1 aromatic carbocycles. The molecule has 0 aliphatic carbocycles. The molecule has 0 fully saturated rings. The molecule has 8 nitrogen and oxygen atoms in total. The summed E-state index contributed by atoms with van der Waals surface area (Å²) in [6.07, 6.45) is 0. The smallest absolute Gasteiger partial charge is 0.420 e. The molecule has 0 N–H and O–H groups in total. The number of ether oxygens (including phenoxy) is 1. The van der Waals surface area contributed by atoms with Crippen LogP contribution in [0.3, 0.4) is 0 Å². The summed E-state index contributed by atoms with van der Waals surface area (Å²) in [6, 6.07) is 2.25.